The maximum atomic E-state index is 13.2. The van der Waals surface area contributed by atoms with Crippen molar-refractivity contribution in [3.63, 3.8) is 0 Å². The minimum atomic E-state index is -0.616. The summed E-state index contributed by atoms with van der Waals surface area (Å²) in [6.45, 7) is 5.85. The highest BCUT2D eigenvalue weighted by Crippen LogP contribution is 2.32. The Morgan fingerprint density at radius 3 is 2.51 bits per heavy atom. The van der Waals surface area contributed by atoms with Crippen LogP contribution in [-0.2, 0) is 9.59 Å². The van der Waals surface area contributed by atoms with Gasteiger partial charge in [-0.25, -0.2) is 4.98 Å². The average Bonchev–Trinajstić information content (AvgIpc) is 2.95. The van der Waals surface area contributed by atoms with Gasteiger partial charge in [-0.05, 0) is 43.5 Å². The number of rotatable bonds is 9. The molecule has 1 fully saturated rings. The number of ketones is 1. The van der Waals surface area contributed by atoms with E-state index in [-0.39, 0.29) is 28.3 Å². The molecule has 1 aliphatic rings. The number of ether oxygens (including phenoxy) is 1. The van der Waals surface area contributed by atoms with E-state index in [1.165, 1.54) is 19.4 Å². The lowest BCUT2D eigenvalue weighted by atomic mass is 10.1. The smallest absolute Gasteiger partial charge is 0.295 e. The van der Waals surface area contributed by atoms with E-state index in [0.717, 1.165) is 0 Å². The van der Waals surface area contributed by atoms with Crippen LogP contribution in [-0.4, -0.2) is 77.7 Å². The number of halogens is 1. The first-order valence-electron chi connectivity index (χ1n) is 12.1. The first-order valence-corrected chi connectivity index (χ1v) is 12.5. The number of Topliss-reactive ketones (excluding diaryl/α,β-unsaturated/α-hetero) is 1. The zero-order chi connectivity index (χ0) is 27.9. The number of piperazine rings is 1. The molecule has 0 unspecified atom stereocenters. The van der Waals surface area contributed by atoms with Crippen molar-refractivity contribution < 1.29 is 19.1 Å². The summed E-state index contributed by atoms with van der Waals surface area (Å²) < 4.78 is 5.41. The highest BCUT2D eigenvalue weighted by Gasteiger charge is 2.27. The SMILES string of the molecule is C=CC(=O)Nc1ccc(OC)c(Nc2ncc(Cl)c(Nc3ccccc3C(=O)C(=O)N3CCN(C)CC3)n2)c1. The molecule has 4 rings (SSSR count). The van der Waals surface area contributed by atoms with Crippen molar-refractivity contribution in [1.82, 2.24) is 19.8 Å². The minimum Gasteiger partial charge on any atom is -0.495 e. The standard InChI is InChI=1S/C27H28ClN7O4/c1-4-23(36)30-17-9-10-22(39-3)21(15-17)32-27-29-16-19(28)25(33-27)31-20-8-6-5-7-18(20)24(37)26(38)35-13-11-34(2)12-14-35/h4-10,15-16H,1,11-14H2,2-3H3,(H,30,36)(H2,29,31,32,33). The summed E-state index contributed by atoms with van der Waals surface area (Å²) in [5.74, 6) is -0.655. The van der Waals surface area contributed by atoms with Crippen LogP contribution in [0.25, 0.3) is 0 Å². The number of nitrogens with zero attached hydrogens (tertiary/aromatic N) is 4. The molecule has 12 heteroatoms. The van der Waals surface area contributed by atoms with Crippen molar-refractivity contribution in [3.05, 3.63) is 71.9 Å². The van der Waals surface area contributed by atoms with Gasteiger partial charge in [0, 0.05) is 31.9 Å². The highest BCUT2D eigenvalue weighted by atomic mass is 35.5. The molecule has 202 valence electrons. The van der Waals surface area contributed by atoms with Crippen LogP contribution in [0, 0.1) is 0 Å². The van der Waals surface area contributed by atoms with Crippen LogP contribution in [0.2, 0.25) is 5.02 Å². The summed E-state index contributed by atoms with van der Waals surface area (Å²) in [6.07, 6.45) is 2.56. The molecule has 1 aromatic heterocycles. The van der Waals surface area contributed by atoms with Crippen molar-refractivity contribution in [1.29, 1.82) is 0 Å². The van der Waals surface area contributed by atoms with Crippen LogP contribution >= 0.6 is 11.6 Å². The van der Waals surface area contributed by atoms with E-state index >= 15 is 0 Å². The summed E-state index contributed by atoms with van der Waals surface area (Å²) in [5.41, 5.74) is 1.58. The highest BCUT2D eigenvalue weighted by molar-refractivity contribution is 6.44. The molecule has 0 atom stereocenters. The summed E-state index contributed by atoms with van der Waals surface area (Å²) in [7, 11) is 3.49. The van der Waals surface area contributed by atoms with Gasteiger partial charge in [0.25, 0.3) is 11.7 Å². The van der Waals surface area contributed by atoms with E-state index in [1.54, 1.807) is 47.4 Å². The first kappa shape index (κ1) is 27.6. The van der Waals surface area contributed by atoms with Crippen LogP contribution in [0.4, 0.5) is 28.8 Å². The van der Waals surface area contributed by atoms with Gasteiger partial charge in [-0.2, -0.15) is 4.98 Å². The van der Waals surface area contributed by atoms with Gasteiger partial charge < -0.3 is 30.5 Å². The van der Waals surface area contributed by atoms with E-state index < -0.39 is 11.7 Å². The molecule has 3 aromatic rings. The lowest BCUT2D eigenvalue weighted by Gasteiger charge is -2.32. The number of anilines is 5. The van der Waals surface area contributed by atoms with E-state index in [4.69, 9.17) is 16.3 Å². The zero-order valence-corrected chi connectivity index (χ0v) is 22.3. The number of hydrogen-bond acceptors (Lipinski definition) is 9. The topological polar surface area (TPSA) is 129 Å². The average molecular weight is 550 g/mol. The zero-order valence-electron chi connectivity index (χ0n) is 21.5. The first-order chi connectivity index (χ1) is 18.8. The number of hydrogen-bond donors (Lipinski definition) is 3. The molecule has 2 heterocycles. The van der Waals surface area contributed by atoms with Gasteiger partial charge in [-0.3, -0.25) is 14.4 Å². The fourth-order valence-corrected chi connectivity index (χ4v) is 4.04. The van der Waals surface area contributed by atoms with Gasteiger partial charge in [-0.1, -0.05) is 30.3 Å². The summed E-state index contributed by atoms with van der Waals surface area (Å²) in [6, 6.07) is 11.7. The lowest BCUT2D eigenvalue weighted by molar-refractivity contribution is -0.127. The molecular weight excluding hydrogens is 522 g/mol. The normalized spacial score (nSPS) is 13.4. The molecule has 0 radical (unpaired) electrons. The summed E-state index contributed by atoms with van der Waals surface area (Å²) in [5, 5.41) is 9.00. The van der Waals surface area contributed by atoms with Crippen LogP contribution < -0.4 is 20.7 Å². The predicted octanol–water partition coefficient (Wildman–Crippen LogP) is 3.71. The van der Waals surface area contributed by atoms with E-state index in [9.17, 15) is 14.4 Å². The monoisotopic (exact) mass is 549 g/mol. The Bertz CT molecular complexity index is 1410. The molecular formula is C27H28ClN7O4. The third-order valence-electron chi connectivity index (χ3n) is 6.05. The van der Waals surface area contributed by atoms with Gasteiger partial charge in [-0.15, -0.1) is 0 Å². The molecule has 3 N–H and O–H groups in total. The summed E-state index contributed by atoms with van der Waals surface area (Å²) >= 11 is 6.37. The molecule has 0 bridgehead atoms. The van der Waals surface area contributed by atoms with Crippen LogP contribution in [0.5, 0.6) is 5.75 Å². The van der Waals surface area contributed by atoms with Crippen molar-refractivity contribution in [2.45, 2.75) is 0 Å². The maximum Gasteiger partial charge on any atom is 0.295 e. The molecule has 2 amide bonds. The molecule has 11 nitrogen and oxygen atoms in total. The molecule has 1 saturated heterocycles. The maximum absolute atomic E-state index is 13.2. The third kappa shape index (κ3) is 6.70. The number of carbonyl (C=O) groups excluding carboxylic acids is 3. The molecule has 1 aliphatic heterocycles. The number of nitrogens with one attached hydrogen (secondary N) is 3. The van der Waals surface area contributed by atoms with Crippen molar-refractivity contribution in [3.8, 4) is 5.75 Å². The van der Waals surface area contributed by atoms with Crippen LogP contribution in [0.15, 0.2) is 61.3 Å². The predicted molar refractivity (Wildman–Crippen MR) is 150 cm³/mol. The molecule has 0 aliphatic carbocycles. The Balaban J connectivity index is 1.56. The number of aromatic nitrogens is 2. The van der Waals surface area contributed by atoms with E-state index in [2.05, 4.69) is 37.4 Å². The fraction of sp³-hybridized carbons (Fsp3) is 0.222. The van der Waals surface area contributed by atoms with Gasteiger partial charge in [0.05, 0.1) is 30.2 Å². The number of carbonyl (C=O) groups is 3. The molecule has 0 saturated carbocycles. The number of methoxy groups -OCH3 is 1. The van der Waals surface area contributed by atoms with E-state index in [0.29, 0.717) is 49.0 Å². The van der Waals surface area contributed by atoms with Gasteiger partial charge in [0.2, 0.25) is 11.9 Å². The second kappa shape index (κ2) is 12.4. The van der Waals surface area contributed by atoms with Gasteiger partial charge in [0.15, 0.2) is 5.82 Å². The number of amides is 2. The largest absolute Gasteiger partial charge is 0.495 e. The lowest BCUT2D eigenvalue weighted by Crippen LogP contribution is -2.49. The fourth-order valence-electron chi connectivity index (χ4n) is 3.90. The molecule has 39 heavy (non-hydrogen) atoms. The van der Waals surface area contributed by atoms with Crippen LogP contribution in [0.3, 0.4) is 0 Å². The van der Waals surface area contributed by atoms with Crippen molar-refractivity contribution >= 4 is 58.0 Å². The number of likely N-dealkylation sites (N-methyl/N-ethyl adjacent to an activating group) is 1. The van der Waals surface area contributed by atoms with Crippen molar-refractivity contribution in [2.75, 3.05) is 56.3 Å². The third-order valence-corrected chi connectivity index (χ3v) is 6.33. The number of para-hydroxylation sites is 1. The second-order valence-corrected chi connectivity index (χ2v) is 9.13. The minimum absolute atomic E-state index is 0.171. The summed E-state index contributed by atoms with van der Waals surface area (Å²) in [4.78, 5) is 50.1. The molecule has 0 spiro atoms. The Labute approximate surface area is 230 Å². The van der Waals surface area contributed by atoms with Gasteiger partial charge in [0.1, 0.15) is 10.8 Å². The Morgan fingerprint density at radius 1 is 1.05 bits per heavy atom. The second-order valence-electron chi connectivity index (χ2n) is 8.72. The molecule has 2 aromatic carbocycles. The quantitative estimate of drug-likeness (QED) is 0.208. The Hall–Kier alpha value is -4.48. The Morgan fingerprint density at radius 2 is 1.79 bits per heavy atom. The van der Waals surface area contributed by atoms with E-state index in [1.807, 2.05) is 7.05 Å². The Kier molecular flexibility index (Phi) is 8.74. The van der Waals surface area contributed by atoms with Crippen molar-refractivity contribution in [2.24, 2.45) is 0 Å². The van der Waals surface area contributed by atoms with Gasteiger partial charge >= 0.3 is 0 Å². The van der Waals surface area contributed by atoms with Crippen LogP contribution in [0.1, 0.15) is 10.4 Å². The number of benzene rings is 2.